The highest BCUT2D eigenvalue weighted by atomic mass is 16.4. The highest BCUT2D eigenvalue weighted by Gasteiger charge is 2.34. The predicted octanol–water partition coefficient (Wildman–Crippen LogP) is -3.36. The monoisotopic (exact) mass is 519 g/mol. The summed E-state index contributed by atoms with van der Waals surface area (Å²) in [4.78, 5) is 71.8. The first-order valence-electron chi connectivity index (χ1n) is 11.3. The van der Waals surface area contributed by atoms with E-state index in [4.69, 9.17) is 10.8 Å². The van der Waals surface area contributed by atoms with E-state index in [9.17, 15) is 44.1 Å². The molecule has 0 aliphatic carbocycles. The first-order chi connectivity index (χ1) is 16.5. The standard InChI is InChI=1S/C21H37N5O10/c1-8(2)6-13(21(35)36)24-19(33)15(10(4)27)26-20(34)16(11(5)28)25-17(31)9(3)23-18(32)12(22)7-14(29)30/h8-13,15-16,27-28H,6-7,22H2,1-5H3,(H,23,32)(H,24,33)(H,25,31)(H,26,34)(H,29,30)(H,35,36)/t9-,10+,11+,12-,13-,15-,16-/m0/s1. The van der Waals surface area contributed by atoms with Gasteiger partial charge in [-0.2, -0.15) is 0 Å². The fourth-order valence-corrected chi connectivity index (χ4v) is 2.95. The number of rotatable bonds is 15. The van der Waals surface area contributed by atoms with E-state index in [0.29, 0.717) is 0 Å². The minimum atomic E-state index is -1.63. The minimum Gasteiger partial charge on any atom is -0.481 e. The fraction of sp³-hybridized carbons (Fsp3) is 0.714. The Labute approximate surface area is 208 Å². The summed E-state index contributed by atoms with van der Waals surface area (Å²) >= 11 is 0. The number of hydrogen-bond acceptors (Lipinski definition) is 9. The summed E-state index contributed by atoms with van der Waals surface area (Å²) in [7, 11) is 0. The maximum Gasteiger partial charge on any atom is 0.326 e. The predicted molar refractivity (Wildman–Crippen MR) is 124 cm³/mol. The molecule has 0 rings (SSSR count). The quantitative estimate of drug-likeness (QED) is 0.103. The Balaban J connectivity index is 5.38. The molecule has 0 aromatic rings. The van der Waals surface area contributed by atoms with Gasteiger partial charge < -0.3 is 47.4 Å². The smallest absolute Gasteiger partial charge is 0.326 e. The summed E-state index contributed by atoms with van der Waals surface area (Å²) in [5, 5.41) is 46.8. The van der Waals surface area contributed by atoms with Gasteiger partial charge in [0.2, 0.25) is 23.6 Å². The van der Waals surface area contributed by atoms with E-state index in [-0.39, 0.29) is 12.3 Å². The Kier molecular flexibility index (Phi) is 13.6. The molecule has 0 saturated heterocycles. The van der Waals surface area contributed by atoms with Crippen molar-refractivity contribution < 1.29 is 49.2 Å². The molecule has 0 aromatic carbocycles. The van der Waals surface area contributed by atoms with Crippen LogP contribution in [0.2, 0.25) is 0 Å². The molecule has 0 spiro atoms. The summed E-state index contributed by atoms with van der Waals surface area (Å²) in [5.41, 5.74) is 5.43. The largest absolute Gasteiger partial charge is 0.481 e. The number of carboxylic acid groups (broad SMARTS) is 2. The molecule has 0 unspecified atom stereocenters. The number of aliphatic carboxylic acids is 2. The number of aliphatic hydroxyl groups is 2. The molecule has 0 aliphatic heterocycles. The van der Waals surface area contributed by atoms with Gasteiger partial charge >= 0.3 is 11.9 Å². The van der Waals surface area contributed by atoms with Crippen molar-refractivity contribution in [3.05, 3.63) is 0 Å². The van der Waals surface area contributed by atoms with Gasteiger partial charge in [-0.15, -0.1) is 0 Å². The second kappa shape index (κ2) is 15.0. The molecule has 0 aromatic heterocycles. The molecule has 36 heavy (non-hydrogen) atoms. The number of nitrogens with two attached hydrogens (primary N) is 1. The molecular formula is C21H37N5O10. The molecule has 7 atom stereocenters. The van der Waals surface area contributed by atoms with Crippen LogP contribution in [0.1, 0.15) is 47.5 Å². The lowest BCUT2D eigenvalue weighted by atomic mass is 10.0. The molecule has 0 fully saturated rings. The number of carbonyl (C=O) groups is 6. The zero-order chi connectivity index (χ0) is 28.3. The maximum atomic E-state index is 12.7. The lowest BCUT2D eigenvalue weighted by Gasteiger charge is -2.28. The fourth-order valence-electron chi connectivity index (χ4n) is 2.95. The molecule has 0 aliphatic rings. The Morgan fingerprint density at radius 3 is 1.53 bits per heavy atom. The number of amides is 4. The molecule has 15 nitrogen and oxygen atoms in total. The van der Waals surface area contributed by atoms with Gasteiger partial charge in [0.1, 0.15) is 24.2 Å². The van der Waals surface area contributed by atoms with Crippen LogP contribution in [0.4, 0.5) is 0 Å². The maximum absolute atomic E-state index is 12.7. The van der Waals surface area contributed by atoms with Crippen molar-refractivity contribution >= 4 is 35.6 Å². The number of carboxylic acids is 2. The van der Waals surface area contributed by atoms with E-state index in [2.05, 4.69) is 21.3 Å². The van der Waals surface area contributed by atoms with Gasteiger partial charge in [0.15, 0.2) is 0 Å². The number of nitrogens with one attached hydrogen (secondary N) is 4. The van der Waals surface area contributed by atoms with Gasteiger partial charge in [-0.3, -0.25) is 24.0 Å². The van der Waals surface area contributed by atoms with Crippen LogP contribution in [0.15, 0.2) is 0 Å². The molecule has 4 amide bonds. The van der Waals surface area contributed by atoms with E-state index in [1.54, 1.807) is 13.8 Å². The molecule has 10 N–H and O–H groups in total. The van der Waals surface area contributed by atoms with Crippen LogP contribution in [0.5, 0.6) is 0 Å². The van der Waals surface area contributed by atoms with Gasteiger partial charge in [-0.25, -0.2) is 4.79 Å². The van der Waals surface area contributed by atoms with Gasteiger partial charge in [0.25, 0.3) is 0 Å². The van der Waals surface area contributed by atoms with E-state index in [0.717, 1.165) is 6.92 Å². The zero-order valence-electron chi connectivity index (χ0n) is 20.8. The second-order valence-corrected chi connectivity index (χ2v) is 8.92. The van der Waals surface area contributed by atoms with Crippen molar-refractivity contribution in [2.45, 2.75) is 89.9 Å². The molecule has 15 heteroatoms. The lowest BCUT2D eigenvalue weighted by Crippen LogP contribution is -2.62. The third-order valence-corrected chi connectivity index (χ3v) is 4.93. The van der Waals surface area contributed by atoms with Gasteiger partial charge in [-0.1, -0.05) is 13.8 Å². The third-order valence-electron chi connectivity index (χ3n) is 4.93. The van der Waals surface area contributed by atoms with Crippen LogP contribution < -0.4 is 27.0 Å². The molecule has 0 saturated carbocycles. The van der Waals surface area contributed by atoms with Crippen molar-refractivity contribution in [3.8, 4) is 0 Å². The minimum absolute atomic E-state index is 0.0815. The molecular weight excluding hydrogens is 482 g/mol. The first kappa shape index (κ1) is 32.7. The average Bonchev–Trinajstić information content (AvgIpc) is 2.73. The first-order valence-corrected chi connectivity index (χ1v) is 11.3. The molecule has 0 radical (unpaired) electrons. The Morgan fingerprint density at radius 2 is 1.14 bits per heavy atom. The normalized spacial score (nSPS) is 16.9. The number of aliphatic hydroxyl groups excluding tert-OH is 2. The van der Waals surface area contributed by atoms with E-state index < -0.39 is 84.4 Å². The molecule has 0 heterocycles. The average molecular weight is 520 g/mol. The number of carbonyl (C=O) groups excluding carboxylic acids is 4. The Bertz CT molecular complexity index is 817. The van der Waals surface area contributed by atoms with Crippen molar-refractivity contribution in [3.63, 3.8) is 0 Å². The highest BCUT2D eigenvalue weighted by molar-refractivity contribution is 5.96. The Morgan fingerprint density at radius 1 is 0.694 bits per heavy atom. The Hall–Kier alpha value is -3.30. The third kappa shape index (κ3) is 11.4. The SMILES string of the molecule is CC(C)C[C@H](NC(=O)[C@@H](NC(=O)[C@@H](NC(=O)[C@H](C)NC(=O)[C@@H](N)CC(=O)O)[C@@H](C)O)[C@@H](C)O)C(=O)O. The van der Waals surface area contributed by atoms with Crippen LogP contribution in [-0.2, 0) is 28.8 Å². The van der Waals surface area contributed by atoms with Crippen molar-refractivity contribution in [2.24, 2.45) is 11.7 Å². The summed E-state index contributed by atoms with van der Waals surface area (Å²) in [6.45, 7) is 7.06. The van der Waals surface area contributed by atoms with Crippen LogP contribution in [0.3, 0.4) is 0 Å². The van der Waals surface area contributed by atoms with Crippen molar-refractivity contribution in [2.75, 3.05) is 0 Å². The number of hydrogen-bond donors (Lipinski definition) is 9. The molecule has 0 bridgehead atoms. The highest BCUT2D eigenvalue weighted by Crippen LogP contribution is 2.07. The van der Waals surface area contributed by atoms with Crippen LogP contribution in [-0.4, -0.2) is 98.4 Å². The van der Waals surface area contributed by atoms with Crippen molar-refractivity contribution in [1.82, 2.24) is 21.3 Å². The summed E-state index contributed by atoms with van der Waals surface area (Å²) in [5.74, 6) is -6.64. The van der Waals surface area contributed by atoms with Crippen LogP contribution in [0.25, 0.3) is 0 Å². The van der Waals surface area contributed by atoms with Crippen LogP contribution >= 0.6 is 0 Å². The zero-order valence-corrected chi connectivity index (χ0v) is 20.8. The summed E-state index contributed by atoms with van der Waals surface area (Å²) in [6.07, 6.45) is -3.55. The topological polar surface area (TPSA) is 257 Å². The van der Waals surface area contributed by atoms with Crippen molar-refractivity contribution in [1.29, 1.82) is 0 Å². The summed E-state index contributed by atoms with van der Waals surface area (Å²) < 4.78 is 0. The second-order valence-electron chi connectivity index (χ2n) is 8.92. The summed E-state index contributed by atoms with van der Waals surface area (Å²) in [6, 6.07) is -7.24. The van der Waals surface area contributed by atoms with Crippen LogP contribution in [0, 0.1) is 5.92 Å². The van der Waals surface area contributed by atoms with E-state index in [1.165, 1.54) is 13.8 Å². The molecule has 206 valence electrons. The van der Waals surface area contributed by atoms with Gasteiger partial charge in [0, 0.05) is 0 Å². The lowest BCUT2D eigenvalue weighted by molar-refractivity contribution is -0.143. The van der Waals surface area contributed by atoms with E-state index in [1.807, 2.05) is 0 Å². The van der Waals surface area contributed by atoms with Gasteiger partial charge in [-0.05, 0) is 33.1 Å². The van der Waals surface area contributed by atoms with E-state index >= 15 is 0 Å². The van der Waals surface area contributed by atoms with Gasteiger partial charge in [0.05, 0.1) is 24.7 Å².